The minimum atomic E-state index is 0. The first-order valence-electron chi connectivity index (χ1n) is 5.71. The van der Waals surface area contributed by atoms with Crippen molar-refractivity contribution in [2.24, 2.45) is 0 Å². The maximum atomic E-state index is 5.83. The third-order valence-electron chi connectivity index (χ3n) is 2.96. The van der Waals surface area contributed by atoms with E-state index >= 15 is 0 Å². The van der Waals surface area contributed by atoms with E-state index in [9.17, 15) is 0 Å². The molecule has 1 fully saturated rings. The van der Waals surface area contributed by atoms with Gasteiger partial charge in [0.25, 0.3) is 0 Å². The molecular weight excluding hydrogens is 277 g/mol. The third kappa shape index (κ3) is 6.77. The standard InChI is InChI=1S/C11H22BrNO.ClH/c1-13-10-4-6-11(7-5-10)14-9-3-2-8-12;/h10-11,13H,2-9H2,1H3;1H/t10-,11-;. The van der Waals surface area contributed by atoms with Crippen LogP contribution in [0, 0.1) is 0 Å². The van der Waals surface area contributed by atoms with Crippen LogP contribution in [-0.4, -0.2) is 31.1 Å². The highest BCUT2D eigenvalue weighted by Crippen LogP contribution is 2.21. The number of alkyl halides is 1. The van der Waals surface area contributed by atoms with Crippen molar-refractivity contribution in [3.05, 3.63) is 0 Å². The van der Waals surface area contributed by atoms with E-state index in [2.05, 4.69) is 28.3 Å². The van der Waals surface area contributed by atoms with Crippen molar-refractivity contribution >= 4 is 28.3 Å². The Morgan fingerprint density at radius 2 is 1.87 bits per heavy atom. The predicted octanol–water partition coefficient (Wildman–Crippen LogP) is 3.13. The second kappa shape index (κ2) is 9.88. The Morgan fingerprint density at radius 3 is 2.40 bits per heavy atom. The van der Waals surface area contributed by atoms with Gasteiger partial charge in [-0.3, -0.25) is 0 Å². The van der Waals surface area contributed by atoms with E-state index in [4.69, 9.17) is 4.74 Å². The molecule has 1 N–H and O–H groups in total. The van der Waals surface area contributed by atoms with Crippen molar-refractivity contribution in [2.45, 2.75) is 50.7 Å². The molecule has 0 aromatic carbocycles. The smallest absolute Gasteiger partial charge is 0.0576 e. The van der Waals surface area contributed by atoms with Crippen LogP contribution >= 0.6 is 28.3 Å². The lowest BCUT2D eigenvalue weighted by Crippen LogP contribution is -2.33. The quantitative estimate of drug-likeness (QED) is 0.601. The Kier molecular flexibility index (Phi) is 10.3. The summed E-state index contributed by atoms with van der Waals surface area (Å²) >= 11 is 3.43. The number of rotatable bonds is 6. The fourth-order valence-corrected chi connectivity index (χ4v) is 2.36. The molecule has 1 saturated carbocycles. The van der Waals surface area contributed by atoms with Gasteiger partial charge in [-0.05, 0) is 45.6 Å². The minimum absolute atomic E-state index is 0. The van der Waals surface area contributed by atoms with Crippen LogP contribution in [0.15, 0.2) is 0 Å². The van der Waals surface area contributed by atoms with Crippen molar-refractivity contribution in [1.82, 2.24) is 5.32 Å². The Labute approximate surface area is 108 Å². The van der Waals surface area contributed by atoms with E-state index in [1.54, 1.807) is 0 Å². The van der Waals surface area contributed by atoms with Crippen LogP contribution < -0.4 is 5.32 Å². The maximum absolute atomic E-state index is 5.83. The van der Waals surface area contributed by atoms with Gasteiger partial charge < -0.3 is 10.1 Å². The summed E-state index contributed by atoms with van der Waals surface area (Å²) in [5.74, 6) is 0. The number of ether oxygens (including phenoxy) is 1. The molecule has 0 atom stereocenters. The highest BCUT2D eigenvalue weighted by Gasteiger charge is 2.19. The van der Waals surface area contributed by atoms with Gasteiger partial charge in [-0.2, -0.15) is 0 Å². The lowest BCUT2D eigenvalue weighted by Gasteiger charge is -2.28. The summed E-state index contributed by atoms with van der Waals surface area (Å²) in [6.07, 6.45) is 7.98. The van der Waals surface area contributed by atoms with Crippen molar-refractivity contribution in [2.75, 3.05) is 19.0 Å². The number of nitrogens with one attached hydrogen (secondary N) is 1. The molecular formula is C11H23BrClNO. The first kappa shape index (κ1) is 15.7. The van der Waals surface area contributed by atoms with Crippen LogP contribution in [0.2, 0.25) is 0 Å². The zero-order valence-corrected chi connectivity index (χ0v) is 11.9. The van der Waals surface area contributed by atoms with Gasteiger partial charge >= 0.3 is 0 Å². The molecule has 0 radical (unpaired) electrons. The Hall–Kier alpha value is 0.690. The van der Waals surface area contributed by atoms with Gasteiger partial charge in [0.05, 0.1) is 6.10 Å². The first-order valence-corrected chi connectivity index (χ1v) is 6.83. The molecule has 1 rings (SSSR count). The average Bonchev–Trinajstić information content (AvgIpc) is 2.25. The highest BCUT2D eigenvalue weighted by atomic mass is 79.9. The summed E-state index contributed by atoms with van der Waals surface area (Å²) in [5.41, 5.74) is 0. The molecule has 92 valence electrons. The zero-order valence-electron chi connectivity index (χ0n) is 9.51. The van der Waals surface area contributed by atoms with Crippen molar-refractivity contribution in [3.63, 3.8) is 0 Å². The van der Waals surface area contributed by atoms with Crippen LogP contribution in [0.25, 0.3) is 0 Å². The normalized spacial score (nSPS) is 26.0. The van der Waals surface area contributed by atoms with Crippen LogP contribution in [0.3, 0.4) is 0 Å². The van der Waals surface area contributed by atoms with Gasteiger partial charge in [0.2, 0.25) is 0 Å². The lowest BCUT2D eigenvalue weighted by atomic mass is 9.93. The van der Waals surface area contributed by atoms with E-state index in [1.165, 1.54) is 38.5 Å². The molecule has 0 spiro atoms. The molecule has 0 bridgehead atoms. The molecule has 4 heteroatoms. The summed E-state index contributed by atoms with van der Waals surface area (Å²) in [6, 6.07) is 0.734. The van der Waals surface area contributed by atoms with Gasteiger partial charge in [-0.25, -0.2) is 0 Å². The molecule has 0 amide bonds. The molecule has 0 aromatic heterocycles. The van der Waals surface area contributed by atoms with Gasteiger partial charge in [-0.1, -0.05) is 15.9 Å². The van der Waals surface area contributed by atoms with Gasteiger partial charge in [-0.15, -0.1) is 12.4 Å². The molecule has 2 nitrogen and oxygen atoms in total. The topological polar surface area (TPSA) is 21.3 Å². The molecule has 0 heterocycles. The van der Waals surface area contributed by atoms with Crippen LogP contribution in [0.4, 0.5) is 0 Å². The number of unbranched alkanes of at least 4 members (excludes halogenated alkanes) is 1. The summed E-state index contributed by atoms with van der Waals surface area (Å²) in [7, 11) is 2.06. The fourth-order valence-electron chi connectivity index (χ4n) is 1.96. The van der Waals surface area contributed by atoms with Gasteiger partial charge in [0.15, 0.2) is 0 Å². The Morgan fingerprint density at radius 1 is 1.20 bits per heavy atom. The largest absolute Gasteiger partial charge is 0.378 e. The monoisotopic (exact) mass is 299 g/mol. The zero-order chi connectivity index (χ0) is 10.2. The number of hydrogen-bond acceptors (Lipinski definition) is 2. The van der Waals surface area contributed by atoms with E-state index in [0.29, 0.717) is 6.10 Å². The van der Waals surface area contributed by atoms with E-state index in [0.717, 1.165) is 18.0 Å². The summed E-state index contributed by atoms with van der Waals surface area (Å²) in [5, 5.41) is 4.44. The van der Waals surface area contributed by atoms with Crippen LogP contribution in [-0.2, 0) is 4.74 Å². The Balaban J connectivity index is 0.00000196. The lowest BCUT2D eigenvalue weighted by molar-refractivity contribution is 0.0218. The Bertz CT molecular complexity index is 141. The molecule has 1 aliphatic rings. The highest BCUT2D eigenvalue weighted by molar-refractivity contribution is 9.09. The number of halogens is 2. The summed E-state index contributed by atoms with van der Waals surface area (Å²) in [4.78, 5) is 0. The summed E-state index contributed by atoms with van der Waals surface area (Å²) in [6.45, 7) is 0.945. The fraction of sp³-hybridized carbons (Fsp3) is 1.00. The molecule has 0 aromatic rings. The second-order valence-corrected chi connectivity index (χ2v) is 4.82. The van der Waals surface area contributed by atoms with E-state index < -0.39 is 0 Å². The molecule has 0 unspecified atom stereocenters. The van der Waals surface area contributed by atoms with E-state index in [-0.39, 0.29) is 12.4 Å². The third-order valence-corrected chi connectivity index (χ3v) is 3.52. The molecule has 15 heavy (non-hydrogen) atoms. The van der Waals surface area contributed by atoms with Crippen molar-refractivity contribution in [3.8, 4) is 0 Å². The SMILES string of the molecule is CN[C@H]1CC[C@H](OCCCCBr)CC1.Cl. The molecule has 1 aliphatic carbocycles. The van der Waals surface area contributed by atoms with Crippen LogP contribution in [0.1, 0.15) is 38.5 Å². The van der Waals surface area contributed by atoms with Crippen LogP contribution in [0.5, 0.6) is 0 Å². The van der Waals surface area contributed by atoms with Crippen molar-refractivity contribution in [1.29, 1.82) is 0 Å². The maximum Gasteiger partial charge on any atom is 0.0576 e. The second-order valence-electron chi connectivity index (χ2n) is 4.03. The average molecular weight is 301 g/mol. The predicted molar refractivity (Wildman–Crippen MR) is 71.3 cm³/mol. The number of hydrogen-bond donors (Lipinski definition) is 1. The molecule has 0 saturated heterocycles. The van der Waals surface area contributed by atoms with E-state index in [1.807, 2.05) is 0 Å². The first-order chi connectivity index (χ1) is 6.86. The van der Waals surface area contributed by atoms with Crippen molar-refractivity contribution < 1.29 is 4.74 Å². The summed E-state index contributed by atoms with van der Waals surface area (Å²) < 4.78 is 5.83. The minimum Gasteiger partial charge on any atom is -0.378 e. The van der Waals surface area contributed by atoms with Gasteiger partial charge in [0.1, 0.15) is 0 Å². The molecule has 0 aliphatic heterocycles. The van der Waals surface area contributed by atoms with Gasteiger partial charge in [0, 0.05) is 18.0 Å².